The highest BCUT2D eigenvalue weighted by atomic mass is 19.1. The van der Waals surface area contributed by atoms with Crippen molar-refractivity contribution in [2.45, 2.75) is 6.54 Å². The van der Waals surface area contributed by atoms with E-state index in [-0.39, 0.29) is 29.4 Å². The van der Waals surface area contributed by atoms with Gasteiger partial charge >= 0.3 is 0 Å². The highest BCUT2D eigenvalue weighted by molar-refractivity contribution is 5.97. The van der Waals surface area contributed by atoms with Crippen LogP contribution < -0.4 is 11.1 Å². The topological polar surface area (TPSA) is 116 Å². The third kappa shape index (κ3) is 2.91. The van der Waals surface area contributed by atoms with E-state index in [1.807, 2.05) is 0 Å². The maximum Gasteiger partial charge on any atom is 0.269 e. The van der Waals surface area contributed by atoms with Gasteiger partial charge in [-0.1, -0.05) is 17.3 Å². The summed E-state index contributed by atoms with van der Waals surface area (Å²) in [5.74, 6) is -1.13. The van der Waals surface area contributed by atoms with E-state index in [1.54, 1.807) is 0 Å². The summed E-state index contributed by atoms with van der Waals surface area (Å²) in [5.41, 5.74) is 6.19. The number of hydrogen-bond acceptors (Lipinski definition) is 4. The number of nitrogens with two attached hydrogens (primary N) is 1. The largest absolute Gasteiger partial charge is 0.409 e. The van der Waals surface area contributed by atoms with Crippen molar-refractivity contribution in [1.82, 2.24) is 15.5 Å². The third-order valence-corrected chi connectivity index (χ3v) is 2.64. The number of H-pyrrole nitrogens is 1. The molecule has 0 saturated carbocycles. The van der Waals surface area contributed by atoms with E-state index < -0.39 is 5.82 Å². The molecular weight excluding hydrogens is 265 g/mol. The number of amidine groups is 1. The maximum absolute atomic E-state index is 13.8. The summed E-state index contributed by atoms with van der Waals surface area (Å²) in [7, 11) is 0. The van der Waals surface area contributed by atoms with Gasteiger partial charge in [-0.05, 0) is 12.1 Å². The number of amides is 1. The molecule has 1 aromatic carbocycles. The summed E-state index contributed by atoms with van der Waals surface area (Å²) >= 11 is 0. The lowest BCUT2D eigenvalue weighted by molar-refractivity contribution is 0.0945. The van der Waals surface area contributed by atoms with Gasteiger partial charge in [-0.2, -0.15) is 5.10 Å². The second-order valence-corrected chi connectivity index (χ2v) is 3.94. The van der Waals surface area contributed by atoms with Crippen LogP contribution >= 0.6 is 0 Å². The van der Waals surface area contributed by atoms with Crippen LogP contribution in [0.4, 0.5) is 4.39 Å². The molecule has 0 bridgehead atoms. The Morgan fingerprint density at radius 1 is 1.50 bits per heavy atom. The van der Waals surface area contributed by atoms with Gasteiger partial charge in [-0.3, -0.25) is 9.89 Å². The molecule has 0 aliphatic heterocycles. The van der Waals surface area contributed by atoms with Crippen molar-refractivity contribution in [2.75, 3.05) is 0 Å². The van der Waals surface area contributed by atoms with Crippen molar-refractivity contribution in [3.63, 3.8) is 0 Å². The number of aromatic amines is 1. The third-order valence-electron chi connectivity index (χ3n) is 2.64. The summed E-state index contributed by atoms with van der Waals surface area (Å²) in [6, 6.07) is 5.59. The Bertz CT molecular complexity index is 639. The summed E-state index contributed by atoms with van der Waals surface area (Å²) in [4.78, 5) is 11.6. The van der Waals surface area contributed by atoms with Gasteiger partial charge in [0.2, 0.25) is 0 Å². The molecule has 0 aliphatic rings. The molecule has 5 N–H and O–H groups in total. The Morgan fingerprint density at radius 2 is 2.30 bits per heavy atom. The molecule has 0 atom stereocenters. The van der Waals surface area contributed by atoms with Gasteiger partial charge in [0.15, 0.2) is 5.84 Å². The number of benzene rings is 1. The molecule has 0 saturated heterocycles. The number of halogens is 1. The predicted octanol–water partition coefficient (Wildman–Crippen LogP) is 0.573. The van der Waals surface area contributed by atoms with Crippen molar-refractivity contribution >= 4 is 11.7 Å². The van der Waals surface area contributed by atoms with E-state index in [0.717, 1.165) is 6.07 Å². The number of carbonyl (C=O) groups is 1. The first-order valence-corrected chi connectivity index (χ1v) is 5.65. The number of nitrogens with zero attached hydrogens (tertiary/aromatic N) is 2. The highest BCUT2D eigenvalue weighted by Gasteiger charge is 2.10. The smallest absolute Gasteiger partial charge is 0.269 e. The van der Waals surface area contributed by atoms with Gasteiger partial charge in [-0.15, -0.1) is 0 Å². The normalized spacial score (nSPS) is 11.3. The van der Waals surface area contributed by atoms with Crippen molar-refractivity contribution in [3.8, 4) is 0 Å². The first-order valence-electron chi connectivity index (χ1n) is 5.65. The first kappa shape index (κ1) is 13.5. The molecular formula is C12H12FN5O2. The molecule has 1 amide bonds. The molecule has 20 heavy (non-hydrogen) atoms. The SMILES string of the molecule is NC(=NO)c1ccc(CNC(=O)c2ccn[nH]2)c(F)c1. The number of aromatic nitrogens is 2. The number of oxime groups is 1. The van der Waals surface area contributed by atoms with Gasteiger partial charge < -0.3 is 16.3 Å². The van der Waals surface area contributed by atoms with Gasteiger partial charge in [0, 0.05) is 23.9 Å². The Balaban J connectivity index is 2.05. The highest BCUT2D eigenvalue weighted by Crippen LogP contribution is 2.10. The minimum Gasteiger partial charge on any atom is -0.409 e. The molecule has 0 unspecified atom stereocenters. The first-order chi connectivity index (χ1) is 9.61. The van der Waals surface area contributed by atoms with Crippen molar-refractivity contribution in [2.24, 2.45) is 10.9 Å². The van der Waals surface area contributed by atoms with E-state index in [2.05, 4.69) is 20.7 Å². The fraction of sp³-hybridized carbons (Fsp3) is 0.0833. The van der Waals surface area contributed by atoms with E-state index in [1.165, 1.54) is 24.4 Å². The monoisotopic (exact) mass is 277 g/mol. The zero-order valence-electron chi connectivity index (χ0n) is 10.3. The minimum atomic E-state index is -0.556. The quantitative estimate of drug-likeness (QED) is 0.283. The van der Waals surface area contributed by atoms with Crippen LogP contribution in [0.2, 0.25) is 0 Å². The molecule has 0 fully saturated rings. The molecule has 0 spiro atoms. The second kappa shape index (κ2) is 5.83. The van der Waals surface area contributed by atoms with Crippen LogP contribution in [0.25, 0.3) is 0 Å². The van der Waals surface area contributed by atoms with Gasteiger partial charge in [0.1, 0.15) is 11.5 Å². The second-order valence-electron chi connectivity index (χ2n) is 3.94. The lowest BCUT2D eigenvalue weighted by atomic mass is 10.1. The molecule has 104 valence electrons. The lowest BCUT2D eigenvalue weighted by Gasteiger charge is -2.07. The van der Waals surface area contributed by atoms with Crippen LogP contribution in [0.15, 0.2) is 35.6 Å². The molecule has 2 aromatic rings. The van der Waals surface area contributed by atoms with Crippen molar-refractivity contribution < 1.29 is 14.4 Å². The fourth-order valence-corrected chi connectivity index (χ4v) is 1.56. The average Bonchev–Trinajstić information content (AvgIpc) is 2.99. The standard InChI is InChI=1S/C12H12FN5O2/c13-9-5-7(11(14)18-20)1-2-8(9)6-15-12(19)10-3-4-16-17-10/h1-5,20H,6H2,(H2,14,18)(H,15,19)(H,16,17). The van der Waals surface area contributed by atoms with Crippen LogP contribution in [0.3, 0.4) is 0 Å². The minimum absolute atomic E-state index is 0.0140. The summed E-state index contributed by atoms with van der Waals surface area (Å²) in [6.07, 6.45) is 1.45. The average molecular weight is 277 g/mol. The van der Waals surface area contributed by atoms with Crippen molar-refractivity contribution in [3.05, 3.63) is 53.1 Å². The fourth-order valence-electron chi connectivity index (χ4n) is 1.56. The van der Waals surface area contributed by atoms with Gasteiger partial charge in [0.25, 0.3) is 5.91 Å². The number of nitrogens with one attached hydrogen (secondary N) is 2. The van der Waals surface area contributed by atoms with Crippen LogP contribution in [-0.4, -0.2) is 27.1 Å². The molecule has 1 heterocycles. The van der Waals surface area contributed by atoms with Gasteiger partial charge in [-0.25, -0.2) is 4.39 Å². The molecule has 8 heteroatoms. The van der Waals surface area contributed by atoms with E-state index in [4.69, 9.17) is 10.9 Å². The van der Waals surface area contributed by atoms with E-state index >= 15 is 0 Å². The Morgan fingerprint density at radius 3 is 2.90 bits per heavy atom. The van der Waals surface area contributed by atoms with Crippen molar-refractivity contribution in [1.29, 1.82) is 0 Å². The summed E-state index contributed by atoms with van der Waals surface area (Å²) in [6.45, 7) is 0.0140. The molecule has 1 aromatic heterocycles. The zero-order valence-corrected chi connectivity index (χ0v) is 10.3. The summed E-state index contributed by atoms with van der Waals surface area (Å²) in [5, 5.41) is 20.0. The molecule has 0 radical (unpaired) electrons. The van der Waals surface area contributed by atoms with Crippen LogP contribution in [0.5, 0.6) is 0 Å². The zero-order chi connectivity index (χ0) is 14.5. The predicted molar refractivity (Wildman–Crippen MR) is 68.7 cm³/mol. The Hall–Kier alpha value is -2.90. The summed E-state index contributed by atoms with van der Waals surface area (Å²) < 4.78 is 13.8. The van der Waals surface area contributed by atoms with E-state index in [9.17, 15) is 9.18 Å². The molecule has 2 rings (SSSR count). The Kier molecular flexibility index (Phi) is 3.94. The number of carbonyl (C=O) groups excluding carboxylic acids is 1. The Labute approximate surface area is 113 Å². The molecule has 0 aliphatic carbocycles. The molecule has 7 nitrogen and oxygen atoms in total. The van der Waals surface area contributed by atoms with Crippen LogP contribution in [0.1, 0.15) is 21.6 Å². The van der Waals surface area contributed by atoms with Crippen LogP contribution in [-0.2, 0) is 6.54 Å². The van der Waals surface area contributed by atoms with Gasteiger partial charge in [0.05, 0.1) is 0 Å². The number of hydrogen-bond donors (Lipinski definition) is 4. The maximum atomic E-state index is 13.8. The number of rotatable bonds is 4. The van der Waals surface area contributed by atoms with E-state index in [0.29, 0.717) is 5.69 Å². The lowest BCUT2D eigenvalue weighted by Crippen LogP contribution is -2.24. The van der Waals surface area contributed by atoms with Crippen LogP contribution in [0, 0.1) is 5.82 Å².